The molecule has 0 saturated heterocycles. The Morgan fingerprint density at radius 2 is 2.00 bits per heavy atom. The van der Waals surface area contributed by atoms with Crippen LogP contribution in [0.25, 0.3) is 6.08 Å². The summed E-state index contributed by atoms with van der Waals surface area (Å²) in [7, 11) is 0. The Morgan fingerprint density at radius 3 is 2.67 bits per heavy atom. The predicted molar refractivity (Wildman–Crippen MR) is 145 cm³/mol. The van der Waals surface area contributed by atoms with Crippen molar-refractivity contribution in [2.75, 3.05) is 12.9 Å². The molecular weight excluding hydrogens is 492 g/mol. The van der Waals surface area contributed by atoms with Crippen molar-refractivity contribution in [1.82, 2.24) is 4.57 Å². The fraction of sp³-hybridized carbons (Fsp3) is 0.250. The van der Waals surface area contributed by atoms with E-state index in [9.17, 15) is 9.59 Å². The summed E-state index contributed by atoms with van der Waals surface area (Å²) in [5, 5.41) is 0. The Bertz CT molecular complexity index is 1500. The smallest absolute Gasteiger partial charge is 0.338 e. The number of hydrogen-bond acceptors (Lipinski definition) is 7. The van der Waals surface area contributed by atoms with Crippen LogP contribution in [0, 0.1) is 0 Å². The van der Waals surface area contributed by atoms with Gasteiger partial charge in [-0.25, -0.2) is 9.79 Å². The number of ether oxygens (including phenoxy) is 2. The van der Waals surface area contributed by atoms with Crippen LogP contribution in [0.1, 0.15) is 37.9 Å². The number of carbonyl (C=O) groups is 1. The molecule has 4 rings (SSSR count). The van der Waals surface area contributed by atoms with Gasteiger partial charge >= 0.3 is 5.97 Å². The van der Waals surface area contributed by atoms with Crippen molar-refractivity contribution >= 4 is 35.1 Å². The van der Waals surface area contributed by atoms with E-state index in [1.54, 1.807) is 43.2 Å². The second-order valence-corrected chi connectivity index (χ2v) is 10.4. The number of esters is 1. The van der Waals surface area contributed by atoms with Crippen LogP contribution in [0.3, 0.4) is 0 Å². The summed E-state index contributed by atoms with van der Waals surface area (Å²) in [5.74, 6) is 0.226. The molecule has 3 aromatic rings. The number of nitrogens with zero attached hydrogens (tertiary/aromatic N) is 2. The van der Waals surface area contributed by atoms with Crippen molar-refractivity contribution in [3.63, 3.8) is 0 Å². The third-order valence-corrected chi connectivity index (χ3v) is 7.27. The average molecular weight is 521 g/mol. The molecule has 186 valence electrons. The summed E-state index contributed by atoms with van der Waals surface area (Å²) in [4.78, 5) is 33.2. The summed E-state index contributed by atoms with van der Waals surface area (Å²) >= 11 is 2.93. The van der Waals surface area contributed by atoms with E-state index < -0.39 is 12.0 Å². The topological polar surface area (TPSA) is 69.9 Å². The minimum absolute atomic E-state index is 0.211. The van der Waals surface area contributed by atoms with Crippen LogP contribution >= 0.6 is 23.1 Å². The highest BCUT2D eigenvalue weighted by molar-refractivity contribution is 7.98. The molecule has 6 nitrogen and oxygen atoms in total. The van der Waals surface area contributed by atoms with E-state index in [4.69, 9.17) is 9.47 Å². The van der Waals surface area contributed by atoms with Crippen molar-refractivity contribution in [3.05, 3.63) is 103 Å². The lowest BCUT2D eigenvalue weighted by Crippen LogP contribution is -2.40. The van der Waals surface area contributed by atoms with Crippen molar-refractivity contribution < 1.29 is 14.3 Å². The summed E-state index contributed by atoms with van der Waals surface area (Å²) in [6.07, 6.45) is 5.22. The van der Waals surface area contributed by atoms with Crippen LogP contribution in [0.5, 0.6) is 5.75 Å². The standard InChI is InChI=1S/C28H28N2O4S2/c1-6-14-33-21-9-7-8-19(15-21)16-23-26(31)30-25(20-10-12-22(35-5)13-11-20)24(27(32)34-17(2)3)18(4)29-28(30)36-23/h6-13,15-17,25H,1,14H2,2-5H3/b23-16-/t25-/m0/s1. The molecule has 2 heterocycles. The van der Waals surface area contributed by atoms with Gasteiger partial charge in [-0.05, 0) is 68.5 Å². The largest absolute Gasteiger partial charge is 0.490 e. The van der Waals surface area contributed by atoms with Gasteiger partial charge in [0.1, 0.15) is 12.4 Å². The first-order valence-electron chi connectivity index (χ1n) is 11.5. The van der Waals surface area contributed by atoms with Crippen molar-refractivity contribution in [1.29, 1.82) is 0 Å². The Hall–Kier alpha value is -3.36. The number of benzene rings is 2. The molecule has 0 saturated carbocycles. The lowest BCUT2D eigenvalue weighted by molar-refractivity contribution is -0.143. The molecule has 36 heavy (non-hydrogen) atoms. The molecule has 0 amide bonds. The minimum atomic E-state index is -0.632. The van der Waals surface area contributed by atoms with Gasteiger partial charge in [0.15, 0.2) is 4.80 Å². The monoisotopic (exact) mass is 520 g/mol. The summed E-state index contributed by atoms with van der Waals surface area (Å²) < 4.78 is 13.3. The van der Waals surface area contributed by atoms with E-state index in [-0.39, 0.29) is 11.7 Å². The molecular formula is C28H28N2O4S2. The summed E-state index contributed by atoms with van der Waals surface area (Å²) in [5.41, 5.74) is 2.37. The molecule has 8 heteroatoms. The second kappa shape index (κ2) is 11.1. The molecule has 1 aliphatic heterocycles. The van der Waals surface area contributed by atoms with Gasteiger partial charge in [0.25, 0.3) is 5.56 Å². The van der Waals surface area contributed by atoms with E-state index in [0.717, 1.165) is 16.0 Å². The molecule has 0 N–H and O–H groups in total. The maximum absolute atomic E-state index is 13.7. The van der Waals surface area contributed by atoms with Gasteiger partial charge in [-0.1, -0.05) is 48.3 Å². The zero-order valence-electron chi connectivity index (χ0n) is 20.7. The molecule has 1 atom stereocenters. The first-order valence-corrected chi connectivity index (χ1v) is 13.6. The molecule has 0 radical (unpaired) electrons. The van der Waals surface area contributed by atoms with Gasteiger partial charge in [0.2, 0.25) is 0 Å². The van der Waals surface area contributed by atoms with Crippen LogP contribution < -0.4 is 19.6 Å². The number of thiazole rings is 1. The van der Waals surface area contributed by atoms with Gasteiger partial charge in [-0.15, -0.1) is 11.8 Å². The minimum Gasteiger partial charge on any atom is -0.490 e. The van der Waals surface area contributed by atoms with Crippen LogP contribution in [-0.2, 0) is 9.53 Å². The Kier molecular flexibility index (Phi) is 7.96. The zero-order chi connectivity index (χ0) is 25.8. The first-order chi connectivity index (χ1) is 17.3. The van der Waals surface area contributed by atoms with E-state index >= 15 is 0 Å². The molecule has 0 unspecified atom stereocenters. The Morgan fingerprint density at radius 1 is 1.25 bits per heavy atom. The number of carbonyl (C=O) groups excluding carboxylic acids is 1. The molecule has 0 fully saturated rings. The quantitative estimate of drug-likeness (QED) is 0.249. The highest BCUT2D eigenvalue weighted by Gasteiger charge is 2.33. The lowest BCUT2D eigenvalue weighted by Gasteiger charge is -2.25. The van der Waals surface area contributed by atoms with Crippen molar-refractivity contribution in [3.8, 4) is 5.75 Å². The van der Waals surface area contributed by atoms with Gasteiger partial charge in [0.05, 0.1) is 27.9 Å². The second-order valence-electron chi connectivity index (χ2n) is 8.48. The van der Waals surface area contributed by atoms with Crippen molar-refractivity contribution in [2.45, 2.75) is 37.8 Å². The normalized spacial score (nSPS) is 15.5. The molecule has 1 aromatic heterocycles. The van der Waals surface area contributed by atoms with Gasteiger partial charge in [0, 0.05) is 4.90 Å². The predicted octanol–water partition coefficient (Wildman–Crippen LogP) is 4.47. The number of fused-ring (bicyclic) bond motifs is 1. The highest BCUT2D eigenvalue weighted by atomic mass is 32.2. The van der Waals surface area contributed by atoms with E-state index in [1.807, 2.05) is 60.9 Å². The maximum atomic E-state index is 13.7. The third-order valence-electron chi connectivity index (χ3n) is 5.54. The van der Waals surface area contributed by atoms with Crippen LogP contribution in [0.2, 0.25) is 0 Å². The summed E-state index contributed by atoms with van der Waals surface area (Å²) in [6.45, 7) is 9.47. The van der Waals surface area contributed by atoms with E-state index in [2.05, 4.69) is 11.6 Å². The maximum Gasteiger partial charge on any atom is 0.338 e. The first kappa shape index (κ1) is 25.7. The molecule has 2 aromatic carbocycles. The van der Waals surface area contributed by atoms with Gasteiger partial charge < -0.3 is 9.47 Å². The van der Waals surface area contributed by atoms with Crippen LogP contribution in [-0.4, -0.2) is 29.5 Å². The number of aromatic nitrogens is 1. The number of thioether (sulfide) groups is 1. The molecule has 0 aliphatic carbocycles. The molecule has 1 aliphatic rings. The Labute approximate surface area is 218 Å². The fourth-order valence-corrected chi connectivity index (χ4v) is 5.42. The highest BCUT2D eigenvalue weighted by Crippen LogP contribution is 2.32. The van der Waals surface area contributed by atoms with Crippen LogP contribution in [0.15, 0.2) is 87.1 Å². The van der Waals surface area contributed by atoms with E-state index in [1.165, 1.54) is 11.3 Å². The lowest BCUT2D eigenvalue weighted by atomic mass is 9.96. The SMILES string of the molecule is C=CCOc1cccc(/C=c2\sc3n(c2=O)[C@@H](c2ccc(SC)cc2)C(C(=O)OC(C)C)=C(C)N=3)c1. The third kappa shape index (κ3) is 5.39. The molecule has 0 spiro atoms. The number of hydrogen-bond donors (Lipinski definition) is 0. The fourth-order valence-electron chi connectivity index (χ4n) is 3.96. The van der Waals surface area contributed by atoms with Crippen LogP contribution in [0.4, 0.5) is 0 Å². The molecule has 0 bridgehead atoms. The van der Waals surface area contributed by atoms with Gasteiger partial charge in [-0.2, -0.15) is 0 Å². The average Bonchev–Trinajstić information content (AvgIpc) is 3.15. The zero-order valence-corrected chi connectivity index (χ0v) is 22.3. The van der Waals surface area contributed by atoms with Gasteiger partial charge in [-0.3, -0.25) is 9.36 Å². The number of allylic oxidation sites excluding steroid dienone is 1. The number of rotatable bonds is 8. The summed E-state index contributed by atoms with van der Waals surface area (Å²) in [6, 6.07) is 14.8. The Balaban J connectivity index is 1.87. The van der Waals surface area contributed by atoms with Crippen molar-refractivity contribution in [2.24, 2.45) is 4.99 Å². The van der Waals surface area contributed by atoms with E-state index in [0.29, 0.717) is 33.0 Å².